The van der Waals surface area contributed by atoms with Crippen LogP contribution in [0.15, 0.2) is 52.3 Å². The minimum atomic E-state index is -3.69. The highest BCUT2D eigenvalue weighted by molar-refractivity contribution is 7.89. The van der Waals surface area contributed by atoms with E-state index in [1.807, 2.05) is 0 Å². The number of anilines is 1. The van der Waals surface area contributed by atoms with Crippen molar-refractivity contribution in [3.05, 3.63) is 53.6 Å². The first kappa shape index (κ1) is 23.9. The number of sulfonamides is 2. The van der Waals surface area contributed by atoms with Crippen molar-refractivity contribution >= 4 is 31.6 Å². The molecule has 2 N–H and O–H groups in total. The first-order valence-electron chi connectivity index (χ1n) is 11.2. The predicted octanol–water partition coefficient (Wildman–Crippen LogP) is 3.25. The van der Waals surface area contributed by atoms with Crippen LogP contribution < -0.4 is 10.0 Å². The molecule has 0 bridgehead atoms. The Morgan fingerprint density at radius 1 is 0.939 bits per heavy atom. The van der Waals surface area contributed by atoms with Crippen molar-refractivity contribution in [2.45, 2.75) is 61.3 Å². The van der Waals surface area contributed by atoms with Crippen LogP contribution in [0, 0.1) is 6.92 Å². The van der Waals surface area contributed by atoms with Crippen LogP contribution in [0.4, 0.5) is 5.69 Å². The number of benzene rings is 2. The Morgan fingerprint density at radius 3 is 2.30 bits per heavy atom. The lowest BCUT2D eigenvalue weighted by molar-refractivity contribution is 0.102. The Balaban J connectivity index is 1.55. The molecule has 0 radical (unpaired) electrons. The molecule has 1 aliphatic heterocycles. The summed E-state index contributed by atoms with van der Waals surface area (Å²) >= 11 is 0. The van der Waals surface area contributed by atoms with Crippen LogP contribution >= 0.6 is 0 Å². The van der Waals surface area contributed by atoms with Gasteiger partial charge in [-0.15, -0.1) is 0 Å². The van der Waals surface area contributed by atoms with Gasteiger partial charge in [-0.2, -0.15) is 4.31 Å². The van der Waals surface area contributed by atoms with Crippen LogP contribution in [0.2, 0.25) is 0 Å². The number of hydrogen-bond acceptors (Lipinski definition) is 5. The zero-order chi connectivity index (χ0) is 23.6. The van der Waals surface area contributed by atoms with Crippen LogP contribution in [0.5, 0.6) is 0 Å². The number of amides is 1. The Kier molecular flexibility index (Phi) is 6.90. The van der Waals surface area contributed by atoms with E-state index >= 15 is 0 Å². The van der Waals surface area contributed by atoms with Crippen LogP contribution in [0.3, 0.4) is 0 Å². The highest BCUT2D eigenvalue weighted by atomic mass is 32.2. The largest absolute Gasteiger partial charge is 0.322 e. The van der Waals surface area contributed by atoms with Crippen molar-refractivity contribution in [1.29, 1.82) is 0 Å². The summed E-state index contributed by atoms with van der Waals surface area (Å²) in [6.07, 6.45) is 5.34. The molecule has 33 heavy (non-hydrogen) atoms. The van der Waals surface area contributed by atoms with E-state index < -0.39 is 26.0 Å². The SMILES string of the molecule is Cc1ccc(NC(=O)c2cccc(S(=O)(=O)NC3CC3)c2)cc1S(=O)(=O)N1CCCCCC1. The van der Waals surface area contributed by atoms with Gasteiger partial charge in [0.15, 0.2) is 0 Å². The van der Waals surface area contributed by atoms with Gasteiger partial charge >= 0.3 is 0 Å². The second kappa shape index (κ2) is 9.54. The zero-order valence-electron chi connectivity index (χ0n) is 18.6. The van der Waals surface area contributed by atoms with Crippen LogP contribution in [-0.2, 0) is 20.0 Å². The molecule has 0 aromatic heterocycles. The third kappa shape index (κ3) is 5.63. The number of hydrogen-bond donors (Lipinski definition) is 2. The van der Waals surface area contributed by atoms with Gasteiger partial charge in [-0.25, -0.2) is 21.6 Å². The lowest BCUT2D eigenvalue weighted by Crippen LogP contribution is -2.32. The summed E-state index contributed by atoms with van der Waals surface area (Å²) in [7, 11) is -7.36. The lowest BCUT2D eigenvalue weighted by atomic mass is 10.2. The van der Waals surface area contributed by atoms with Crippen molar-refractivity contribution in [2.75, 3.05) is 18.4 Å². The third-order valence-electron chi connectivity index (χ3n) is 5.93. The van der Waals surface area contributed by atoms with Gasteiger partial charge in [0.05, 0.1) is 9.79 Å². The molecule has 8 nitrogen and oxygen atoms in total. The Labute approximate surface area is 195 Å². The molecule has 0 atom stereocenters. The van der Waals surface area contributed by atoms with Gasteiger partial charge in [0.1, 0.15) is 0 Å². The number of rotatable bonds is 7. The molecule has 1 amide bonds. The summed E-state index contributed by atoms with van der Waals surface area (Å²) in [6.45, 7) is 2.72. The molecule has 1 saturated heterocycles. The van der Waals surface area contributed by atoms with E-state index in [1.165, 1.54) is 34.6 Å². The fraction of sp³-hybridized carbons (Fsp3) is 0.435. The second-order valence-electron chi connectivity index (χ2n) is 8.68. The molecular formula is C23H29N3O5S2. The van der Waals surface area contributed by atoms with Gasteiger partial charge in [-0.1, -0.05) is 25.0 Å². The number of nitrogens with one attached hydrogen (secondary N) is 2. The molecule has 1 saturated carbocycles. The molecule has 2 fully saturated rings. The van der Waals surface area contributed by atoms with Gasteiger partial charge < -0.3 is 5.32 Å². The quantitative estimate of drug-likeness (QED) is 0.617. The highest BCUT2D eigenvalue weighted by Crippen LogP contribution is 2.27. The minimum Gasteiger partial charge on any atom is -0.322 e. The topological polar surface area (TPSA) is 113 Å². The summed E-state index contributed by atoms with van der Waals surface area (Å²) in [5.41, 5.74) is 1.12. The van der Waals surface area contributed by atoms with E-state index in [4.69, 9.17) is 0 Å². The molecule has 1 aliphatic carbocycles. The van der Waals surface area contributed by atoms with Crippen molar-refractivity contribution < 1.29 is 21.6 Å². The molecule has 10 heteroatoms. The number of carbonyl (C=O) groups excluding carboxylic acids is 1. The zero-order valence-corrected chi connectivity index (χ0v) is 20.2. The average molecular weight is 492 g/mol. The van der Waals surface area contributed by atoms with Crippen LogP contribution in [-0.4, -0.2) is 46.2 Å². The van der Waals surface area contributed by atoms with Crippen molar-refractivity contribution in [3.63, 3.8) is 0 Å². The Morgan fingerprint density at radius 2 is 1.64 bits per heavy atom. The number of carbonyl (C=O) groups is 1. The molecule has 178 valence electrons. The smallest absolute Gasteiger partial charge is 0.255 e. The van der Waals surface area contributed by atoms with Gasteiger partial charge in [0.25, 0.3) is 5.91 Å². The van der Waals surface area contributed by atoms with E-state index in [0.717, 1.165) is 38.5 Å². The van der Waals surface area contributed by atoms with Gasteiger partial charge in [0, 0.05) is 30.4 Å². The highest BCUT2D eigenvalue weighted by Gasteiger charge is 2.29. The third-order valence-corrected chi connectivity index (χ3v) is 9.49. The first-order chi connectivity index (χ1) is 15.7. The summed E-state index contributed by atoms with van der Waals surface area (Å²) in [4.78, 5) is 13.0. The molecule has 0 unspecified atom stereocenters. The van der Waals surface area contributed by atoms with E-state index in [1.54, 1.807) is 19.1 Å². The van der Waals surface area contributed by atoms with Gasteiger partial charge in [-0.05, 0) is 68.5 Å². The van der Waals surface area contributed by atoms with Gasteiger partial charge in [-0.3, -0.25) is 4.79 Å². The summed E-state index contributed by atoms with van der Waals surface area (Å²) < 4.78 is 55.6. The van der Waals surface area contributed by atoms with Crippen LogP contribution in [0.25, 0.3) is 0 Å². The van der Waals surface area contributed by atoms with Crippen LogP contribution in [0.1, 0.15) is 54.4 Å². The maximum Gasteiger partial charge on any atom is 0.255 e. The Hall–Kier alpha value is -2.27. The molecule has 4 rings (SSSR count). The lowest BCUT2D eigenvalue weighted by Gasteiger charge is -2.21. The van der Waals surface area contributed by atoms with E-state index in [0.29, 0.717) is 24.3 Å². The van der Waals surface area contributed by atoms with Crippen molar-refractivity contribution in [2.24, 2.45) is 0 Å². The first-order valence-corrected chi connectivity index (χ1v) is 14.1. The second-order valence-corrected chi connectivity index (χ2v) is 12.3. The standard InChI is InChI=1S/C23H29N3O5S2/c1-17-9-10-20(16-22(17)33(30,31)26-13-4-2-3-5-14-26)24-23(27)18-7-6-8-21(15-18)32(28,29)25-19-11-12-19/h6-10,15-16,19,25H,2-5,11-14H2,1H3,(H,24,27). The molecular weight excluding hydrogens is 462 g/mol. The molecule has 0 spiro atoms. The monoisotopic (exact) mass is 491 g/mol. The fourth-order valence-corrected chi connectivity index (χ4v) is 6.99. The maximum absolute atomic E-state index is 13.3. The minimum absolute atomic E-state index is 0.0235. The van der Waals surface area contributed by atoms with E-state index in [2.05, 4.69) is 10.0 Å². The average Bonchev–Trinajstić information content (AvgIpc) is 3.61. The summed E-state index contributed by atoms with van der Waals surface area (Å²) in [6, 6.07) is 10.6. The maximum atomic E-state index is 13.3. The normalized spacial score (nSPS) is 18.0. The fourth-order valence-electron chi connectivity index (χ4n) is 3.87. The van der Waals surface area contributed by atoms with E-state index in [9.17, 15) is 21.6 Å². The van der Waals surface area contributed by atoms with Crippen molar-refractivity contribution in [1.82, 2.24) is 9.03 Å². The molecule has 2 aliphatic rings. The summed E-state index contributed by atoms with van der Waals surface area (Å²) in [5.74, 6) is -0.513. The van der Waals surface area contributed by atoms with E-state index in [-0.39, 0.29) is 21.4 Å². The summed E-state index contributed by atoms with van der Waals surface area (Å²) in [5, 5.41) is 2.71. The molecule has 1 heterocycles. The molecule has 2 aromatic carbocycles. The Bertz CT molecular complexity index is 1250. The van der Waals surface area contributed by atoms with Crippen molar-refractivity contribution in [3.8, 4) is 0 Å². The number of nitrogens with zero attached hydrogens (tertiary/aromatic N) is 1. The number of aryl methyl sites for hydroxylation is 1. The molecule has 2 aromatic rings. The predicted molar refractivity (Wildman–Crippen MR) is 126 cm³/mol. The van der Waals surface area contributed by atoms with Gasteiger partial charge in [0.2, 0.25) is 20.0 Å².